The topological polar surface area (TPSA) is 61.9 Å². The summed E-state index contributed by atoms with van der Waals surface area (Å²) in [5.41, 5.74) is 1.61. The number of nitrogens with zero attached hydrogens (tertiary/aromatic N) is 3. The molecule has 1 aromatic carbocycles. The number of rotatable bonds is 3. The molecule has 0 saturated heterocycles. The molecule has 1 N–H and O–H groups in total. The zero-order valence-corrected chi connectivity index (χ0v) is 15.9. The van der Waals surface area contributed by atoms with E-state index in [1.807, 2.05) is 6.07 Å². The second-order valence-corrected chi connectivity index (χ2v) is 7.32. The number of halogens is 4. The van der Waals surface area contributed by atoms with Crippen molar-refractivity contribution in [2.45, 2.75) is 25.7 Å². The molecule has 4 rings (SSSR count). The van der Waals surface area contributed by atoms with Crippen molar-refractivity contribution in [3.63, 3.8) is 0 Å². The van der Waals surface area contributed by atoms with Crippen LogP contribution in [0.25, 0.3) is 11.4 Å². The van der Waals surface area contributed by atoms with Gasteiger partial charge in [-0.3, -0.25) is 14.7 Å². The Morgan fingerprint density at radius 2 is 1.93 bits per heavy atom. The molecule has 0 radical (unpaired) electrons. The minimum Gasteiger partial charge on any atom is -0.306 e. The first-order valence-electron chi connectivity index (χ1n) is 8.91. The summed E-state index contributed by atoms with van der Waals surface area (Å²) in [6.07, 6.45) is -0.538. The summed E-state index contributed by atoms with van der Waals surface area (Å²) in [7, 11) is 0. The monoisotopic (exact) mass is 420 g/mol. The van der Waals surface area contributed by atoms with Crippen LogP contribution in [0, 0.1) is 0 Å². The summed E-state index contributed by atoms with van der Waals surface area (Å²) in [4.78, 5) is 26.0. The summed E-state index contributed by atoms with van der Waals surface area (Å²) >= 11 is 5.97. The molecular formula is C20H16ClF3N4O. The fraction of sp³-hybridized carbons (Fsp3) is 0.250. The normalized spacial score (nSPS) is 14.6. The smallest absolute Gasteiger partial charge is 0.306 e. The van der Waals surface area contributed by atoms with Gasteiger partial charge in [0.05, 0.1) is 21.8 Å². The van der Waals surface area contributed by atoms with Crippen molar-refractivity contribution < 1.29 is 13.2 Å². The van der Waals surface area contributed by atoms with E-state index < -0.39 is 11.7 Å². The summed E-state index contributed by atoms with van der Waals surface area (Å²) in [5.74, 6) is 0.273. The molecular weight excluding hydrogens is 405 g/mol. The molecule has 0 spiro atoms. The Balaban J connectivity index is 1.56. The van der Waals surface area contributed by atoms with Crippen LogP contribution in [-0.2, 0) is 25.7 Å². The number of hydrogen-bond acceptors (Lipinski definition) is 4. The zero-order chi connectivity index (χ0) is 20.6. The predicted molar refractivity (Wildman–Crippen MR) is 102 cm³/mol. The fourth-order valence-electron chi connectivity index (χ4n) is 3.37. The lowest BCUT2D eigenvalue weighted by molar-refractivity contribution is -0.137. The molecule has 29 heavy (non-hydrogen) atoms. The Hall–Kier alpha value is -2.71. The van der Waals surface area contributed by atoms with Crippen molar-refractivity contribution in [1.82, 2.24) is 19.9 Å². The average Bonchev–Trinajstić information content (AvgIpc) is 2.68. The van der Waals surface area contributed by atoms with Crippen LogP contribution in [0.3, 0.4) is 0 Å². The van der Waals surface area contributed by atoms with Crippen molar-refractivity contribution in [2.24, 2.45) is 0 Å². The van der Waals surface area contributed by atoms with E-state index in [2.05, 4.69) is 19.9 Å². The highest BCUT2D eigenvalue weighted by atomic mass is 35.5. The highest BCUT2D eigenvalue weighted by Gasteiger charge is 2.30. The third kappa shape index (κ3) is 4.33. The van der Waals surface area contributed by atoms with Crippen LogP contribution < -0.4 is 5.56 Å². The van der Waals surface area contributed by atoms with Gasteiger partial charge in [-0.05, 0) is 23.8 Å². The van der Waals surface area contributed by atoms with E-state index in [9.17, 15) is 18.0 Å². The first kappa shape index (κ1) is 19.6. The van der Waals surface area contributed by atoms with Crippen LogP contribution in [0.2, 0.25) is 5.02 Å². The summed E-state index contributed by atoms with van der Waals surface area (Å²) < 4.78 is 38.2. The van der Waals surface area contributed by atoms with Crippen LogP contribution in [0.15, 0.2) is 47.5 Å². The van der Waals surface area contributed by atoms with E-state index in [4.69, 9.17) is 11.6 Å². The third-order valence-corrected chi connectivity index (χ3v) is 5.01. The number of H-pyrrole nitrogens is 1. The summed E-state index contributed by atoms with van der Waals surface area (Å²) in [5, 5.41) is 0.556. The molecule has 1 aliphatic rings. The predicted octanol–water partition coefficient (Wildman–Crippen LogP) is 4.06. The molecule has 3 aromatic rings. The lowest BCUT2D eigenvalue weighted by Gasteiger charge is -2.27. The van der Waals surface area contributed by atoms with Gasteiger partial charge in [0.2, 0.25) is 0 Å². The minimum absolute atomic E-state index is 0.273. The number of hydrogen-bond donors (Lipinski definition) is 1. The van der Waals surface area contributed by atoms with Gasteiger partial charge in [-0.25, -0.2) is 4.98 Å². The minimum atomic E-state index is -4.41. The number of aromatic nitrogens is 3. The zero-order valence-electron chi connectivity index (χ0n) is 15.1. The van der Waals surface area contributed by atoms with Crippen LogP contribution in [-0.4, -0.2) is 26.4 Å². The number of alkyl halides is 3. The fourth-order valence-corrected chi connectivity index (χ4v) is 3.57. The van der Waals surface area contributed by atoms with E-state index in [1.54, 1.807) is 12.4 Å². The molecule has 0 unspecified atom stereocenters. The molecule has 3 heterocycles. The van der Waals surface area contributed by atoms with Gasteiger partial charge < -0.3 is 4.98 Å². The van der Waals surface area contributed by atoms with Gasteiger partial charge in [0.1, 0.15) is 5.82 Å². The van der Waals surface area contributed by atoms with Crippen LogP contribution in [0.1, 0.15) is 22.4 Å². The Labute approximate surface area is 169 Å². The molecule has 0 bridgehead atoms. The number of nitrogens with one attached hydrogen (secondary N) is 1. The quantitative estimate of drug-likeness (QED) is 0.694. The van der Waals surface area contributed by atoms with E-state index >= 15 is 0 Å². The first-order valence-corrected chi connectivity index (χ1v) is 9.29. The molecule has 0 fully saturated rings. The lowest BCUT2D eigenvalue weighted by atomic mass is 10.1. The molecule has 9 heteroatoms. The van der Waals surface area contributed by atoms with Crippen molar-refractivity contribution in [3.8, 4) is 11.4 Å². The Morgan fingerprint density at radius 3 is 2.62 bits per heavy atom. The van der Waals surface area contributed by atoms with Crippen molar-refractivity contribution in [3.05, 3.63) is 80.5 Å². The number of aromatic amines is 1. The Kier molecular flexibility index (Phi) is 5.14. The van der Waals surface area contributed by atoms with E-state index in [-0.39, 0.29) is 11.4 Å². The molecule has 0 saturated carbocycles. The second-order valence-electron chi connectivity index (χ2n) is 6.89. The maximum Gasteiger partial charge on any atom is 0.416 e. The maximum atomic E-state index is 12.7. The Morgan fingerprint density at radius 1 is 1.17 bits per heavy atom. The van der Waals surface area contributed by atoms with E-state index in [0.29, 0.717) is 47.9 Å². The van der Waals surface area contributed by atoms with Crippen molar-refractivity contribution in [1.29, 1.82) is 0 Å². The number of pyridine rings is 1. The molecule has 5 nitrogen and oxygen atoms in total. The average molecular weight is 421 g/mol. The van der Waals surface area contributed by atoms with Gasteiger partial charge >= 0.3 is 6.18 Å². The van der Waals surface area contributed by atoms with Gasteiger partial charge in [-0.15, -0.1) is 0 Å². The molecule has 0 amide bonds. The van der Waals surface area contributed by atoms with Crippen LogP contribution in [0.5, 0.6) is 0 Å². The Bertz CT molecular complexity index is 1100. The van der Waals surface area contributed by atoms with Gasteiger partial charge in [0, 0.05) is 44.0 Å². The number of benzene rings is 1. The van der Waals surface area contributed by atoms with Gasteiger partial charge in [-0.2, -0.15) is 13.2 Å². The molecule has 150 valence electrons. The second kappa shape index (κ2) is 7.61. The molecule has 0 atom stereocenters. The van der Waals surface area contributed by atoms with Crippen LogP contribution >= 0.6 is 11.6 Å². The largest absolute Gasteiger partial charge is 0.416 e. The van der Waals surface area contributed by atoms with E-state index in [0.717, 1.165) is 17.7 Å². The third-order valence-electron chi connectivity index (χ3n) is 4.80. The number of fused-ring (bicyclic) bond motifs is 1. The highest BCUT2D eigenvalue weighted by molar-refractivity contribution is 6.30. The van der Waals surface area contributed by atoms with Crippen molar-refractivity contribution in [2.75, 3.05) is 6.54 Å². The molecule has 2 aromatic heterocycles. The van der Waals surface area contributed by atoms with E-state index in [1.165, 1.54) is 12.1 Å². The highest BCUT2D eigenvalue weighted by Crippen LogP contribution is 2.30. The summed E-state index contributed by atoms with van der Waals surface area (Å²) in [6, 6.07) is 6.43. The first-order chi connectivity index (χ1) is 13.8. The summed E-state index contributed by atoms with van der Waals surface area (Å²) in [6.45, 7) is 1.73. The molecule has 1 aliphatic heterocycles. The van der Waals surface area contributed by atoms with Crippen molar-refractivity contribution >= 4 is 11.6 Å². The van der Waals surface area contributed by atoms with Gasteiger partial charge in [0.15, 0.2) is 0 Å². The van der Waals surface area contributed by atoms with Crippen LogP contribution in [0.4, 0.5) is 13.2 Å². The van der Waals surface area contributed by atoms with Gasteiger partial charge in [-0.1, -0.05) is 23.7 Å². The SMILES string of the molecule is O=c1[nH]c(-c2ccc(C(F)(F)F)cc2)nc2c1CN(Cc1cncc(Cl)c1)CC2. The standard InChI is InChI=1S/C20H16ClF3N4O/c21-15-7-12(8-25-9-15)10-28-6-5-17-16(11-28)19(29)27-18(26-17)13-1-3-14(4-2-13)20(22,23)24/h1-4,7-9H,5-6,10-11H2,(H,26,27,29). The lowest BCUT2D eigenvalue weighted by Crippen LogP contribution is -2.35. The maximum absolute atomic E-state index is 12.7. The van der Waals surface area contributed by atoms with Gasteiger partial charge in [0.25, 0.3) is 5.56 Å². The molecule has 0 aliphatic carbocycles.